The number of anilines is 1. The van der Waals surface area contributed by atoms with Crippen molar-refractivity contribution >= 4 is 11.6 Å². The van der Waals surface area contributed by atoms with E-state index in [1.807, 2.05) is 19.9 Å². The van der Waals surface area contributed by atoms with Gasteiger partial charge in [0.1, 0.15) is 18.1 Å². The first-order valence-electron chi connectivity index (χ1n) is 9.89. The van der Waals surface area contributed by atoms with Crippen LogP contribution in [0.1, 0.15) is 37.1 Å². The van der Waals surface area contributed by atoms with Gasteiger partial charge in [0.15, 0.2) is 5.67 Å². The topological polar surface area (TPSA) is 67.6 Å². The molecule has 0 spiro atoms. The first kappa shape index (κ1) is 18.9. The van der Waals surface area contributed by atoms with Crippen LogP contribution in [0.5, 0.6) is 5.75 Å². The second-order valence-corrected chi connectivity index (χ2v) is 7.73. The Balaban J connectivity index is 1.56. The third kappa shape index (κ3) is 3.90. The van der Waals surface area contributed by atoms with Gasteiger partial charge in [0.05, 0.1) is 11.3 Å². The molecule has 6 nitrogen and oxygen atoms in total. The number of hydrogen-bond donors (Lipinski definition) is 1. The summed E-state index contributed by atoms with van der Waals surface area (Å²) < 4.78 is 25.4. The number of alkyl halides is 1. The maximum atomic E-state index is 14.0. The average molecular weight is 387 g/mol. The summed E-state index contributed by atoms with van der Waals surface area (Å²) in [4.78, 5) is 14.5. The van der Waals surface area contributed by atoms with Gasteiger partial charge in [-0.2, -0.15) is 0 Å². The number of carbonyl (C=O) groups excluding carboxylic acids is 1. The standard InChI is InChI=1S/C21H26FN3O3/c1-14-19(15(2)28-24-14)17-13-16(23-20(26)21(22)7-8-21)5-6-18(17)27-12-11-25-9-3-4-10-25/h5-6,13H,3-4,7-12H2,1-2H3,(H,23,26). The van der Waals surface area contributed by atoms with Crippen LogP contribution < -0.4 is 10.1 Å². The summed E-state index contributed by atoms with van der Waals surface area (Å²) in [5, 5.41) is 6.72. The predicted molar refractivity (Wildman–Crippen MR) is 104 cm³/mol. The number of amides is 1. The minimum Gasteiger partial charge on any atom is -0.492 e. The van der Waals surface area contributed by atoms with E-state index in [1.165, 1.54) is 12.8 Å². The van der Waals surface area contributed by atoms with Crippen molar-refractivity contribution < 1.29 is 18.4 Å². The normalized spacial score (nSPS) is 18.2. The molecule has 1 aromatic heterocycles. The van der Waals surface area contributed by atoms with Gasteiger partial charge >= 0.3 is 0 Å². The molecule has 2 aromatic rings. The second kappa shape index (κ2) is 7.54. The van der Waals surface area contributed by atoms with Gasteiger partial charge in [-0.25, -0.2) is 4.39 Å². The molecule has 0 bridgehead atoms. The molecule has 1 saturated carbocycles. The Morgan fingerprint density at radius 1 is 1.32 bits per heavy atom. The molecule has 7 heteroatoms. The molecule has 2 heterocycles. The van der Waals surface area contributed by atoms with E-state index in [4.69, 9.17) is 9.26 Å². The Kier molecular flexibility index (Phi) is 5.10. The fraction of sp³-hybridized carbons (Fsp3) is 0.524. The van der Waals surface area contributed by atoms with Gasteiger partial charge in [-0.15, -0.1) is 0 Å². The maximum absolute atomic E-state index is 14.0. The van der Waals surface area contributed by atoms with Gasteiger partial charge in [0.2, 0.25) is 0 Å². The van der Waals surface area contributed by atoms with Crippen molar-refractivity contribution in [2.45, 2.75) is 45.2 Å². The molecule has 150 valence electrons. The number of nitrogens with zero attached hydrogens (tertiary/aromatic N) is 2. The number of aryl methyl sites for hydroxylation is 2. The number of hydrogen-bond acceptors (Lipinski definition) is 5. The van der Waals surface area contributed by atoms with E-state index in [9.17, 15) is 9.18 Å². The Hall–Kier alpha value is -2.41. The van der Waals surface area contributed by atoms with Gasteiger partial charge in [0.25, 0.3) is 5.91 Å². The zero-order valence-electron chi connectivity index (χ0n) is 16.4. The fourth-order valence-electron chi connectivity index (χ4n) is 3.67. The van der Waals surface area contributed by atoms with Gasteiger partial charge in [0, 0.05) is 17.8 Å². The summed E-state index contributed by atoms with van der Waals surface area (Å²) in [5.41, 5.74) is 1.20. The van der Waals surface area contributed by atoms with E-state index < -0.39 is 11.6 Å². The van der Waals surface area contributed by atoms with Gasteiger partial charge < -0.3 is 14.6 Å². The second-order valence-electron chi connectivity index (χ2n) is 7.73. The summed E-state index contributed by atoms with van der Waals surface area (Å²) in [5.74, 6) is 0.794. The fourth-order valence-corrected chi connectivity index (χ4v) is 3.67. The third-order valence-corrected chi connectivity index (χ3v) is 5.50. The molecular weight excluding hydrogens is 361 g/mol. The van der Waals surface area contributed by atoms with Crippen molar-refractivity contribution in [3.63, 3.8) is 0 Å². The molecule has 2 aliphatic rings. The molecule has 1 aromatic carbocycles. The smallest absolute Gasteiger partial charge is 0.262 e. The summed E-state index contributed by atoms with van der Waals surface area (Å²) in [6, 6.07) is 5.37. The van der Waals surface area contributed by atoms with E-state index in [0.29, 0.717) is 23.8 Å². The lowest BCUT2D eigenvalue weighted by atomic mass is 10.0. The van der Waals surface area contributed by atoms with E-state index in [-0.39, 0.29) is 12.8 Å². The van der Waals surface area contributed by atoms with Crippen LogP contribution in [0.4, 0.5) is 10.1 Å². The van der Waals surface area contributed by atoms with Crippen LogP contribution >= 0.6 is 0 Å². The Bertz CT molecular complexity index is 850. The van der Waals surface area contributed by atoms with Crippen molar-refractivity contribution in [1.82, 2.24) is 10.1 Å². The van der Waals surface area contributed by atoms with Crippen molar-refractivity contribution in [1.29, 1.82) is 0 Å². The molecule has 1 aliphatic heterocycles. The van der Waals surface area contributed by atoms with Crippen LogP contribution in [0.2, 0.25) is 0 Å². The molecule has 0 unspecified atom stereocenters. The highest BCUT2D eigenvalue weighted by Crippen LogP contribution is 2.41. The van der Waals surface area contributed by atoms with Gasteiger partial charge in [-0.05, 0) is 70.8 Å². The largest absolute Gasteiger partial charge is 0.492 e. The van der Waals surface area contributed by atoms with Crippen molar-refractivity contribution in [3.05, 3.63) is 29.7 Å². The van der Waals surface area contributed by atoms with Crippen LogP contribution in [0, 0.1) is 13.8 Å². The first-order valence-corrected chi connectivity index (χ1v) is 9.89. The van der Waals surface area contributed by atoms with Gasteiger partial charge in [-0.3, -0.25) is 9.69 Å². The van der Waals surface area contributed by atoms with Gasteiger partial charge in [-0.1, -0.05) is 5.16 Å². The highest BCUT2D eigenvalue weighted by Gasteiger charge is 2.50. The van der Waals surface area contributed by atoms with Crippen LogP contribution in [0.15, 0.2) is 22.7 Å². The number of nitrogens with one attached hydrogen (secondary N) is 1. The number of aromatic nitrogens is 1. The van der Waals surface area contributed by atoms with Crippen LogP contribution in [-0.4, -0.2) is 47.9 Å². The maximum Gasteiger partial charge on any atom is 0.262 e. The zero-order chi connectivity index (χ0) is 19.7. The van der Waals surface area contributed by atoms with E-state index in [0.717, 1.165) is 36.5 Å². The Morgan fingerprint density at radius 3 is 2.71 bits per heavy atom. The molecule has 2 fully saturated rings. The van der Waals surface area contributed by atoms with E-state index in [2.05, 4.69) is 15.4 Å². The quantitative estimate of drug-likeness (QED) is 0.781. The minimum atomic E-state index is -1.71. The summed E-state index contributed by atoms with van der Waals surface area (Å²) >= 11 is 0. The molecule has 28 heavy (non-hydrogen) atoms. The first-order chi connectivity index (χ1) is 13.5. The lowest BCUT2D eigenvalue weighted by molar-refractivity contribution is -0.122. The zero-order valence-corrected chi connectivity index (χ0v) is 16.4. The molecule has 1 N–H and O–H groups in total. The summed E-state index contributed by atoms with van der Waals surface area (Å²) in [6.45, 7) is 7.41. The van der Waals surface area contributed by atoms with E-state index >= 15 is 0 Å². The molecule has 1 saturated heterocycles. The number of likely N-dealkylation sites (tertiary alicyclic amines) is 1. The number of halogens is 1. The number of carbonyl (C=O) groups is 1. The minimum absolute atomic E-state index is 0.285. The summed E-state index contributed by atoms with van der Waals surface area (Å²) in [6.07, 6.45) is 3.06. The molecular formula is C21H26FN3O3. The number of benzene rings is 1. The number of rotatable bonds is 7. The lowest BCUT2D eigenvalue weighted by Crippen LogP contribution is -2.25. The molecule has 0 atom stereocenters. The predicted octanol–water partition coefficient (Wildman–Crippen LogP) is 3.87. The highest BCUT2D eigenvalue weighted by atomic mass is 19.1. The number of ether oxygens (including phenoxy) is 1. The average Bonchev–Trinajstić information content (AvgIpc) is 3.07. The van der Waals surface area contributed by atoms with Crippen molar-refractivity contribution in [3.8, 4) is 16.9 Å². The summed E-state index contributed by atoms with van der Waals surface area (Å²) in [7, 11) is 0. The SMILES string of the molecule is Cc1noc(C)c1-c1cc(NC(=O)C2(F)CC2)ccc1OCCN1CCCC1. The van der Waals surface area contributed by atoms with Crippen molar-refractivity contribution in [2.24, 2.45) is 0 Å². The van der Waals surface area contributed by atoms with E-state index in [1.54, 1.807) is 12.1 Å². The molecule has 1 amide bonds. The Labute approximate surface area is 164 Å². The van der Waals surface area contributed by atoms with Crippen LogP contribution in [0.25, 0.3) is 11.1 Å². The van der Waals surface area contributed by atoms with Crippen LogP contribution in [0.3, 0.4) is 0 Å². The lowest BCUT2D eigenvalue weighted by Gasteiger charge is -2.17. The van der Waals surface area contributed by atoms with Crippen molar-refractivity contribution in [2.75, 3.05) is 31.6 Å². The molecule has 4 rings (SSSR count). The molecule has 1 aliphatic carbocycles. The highest BCUT2D eigenvalue weighted by molar-refractivity contribution is 6.00. The van der Waals surface area contributed by atoms with Crippen LogP contribution in [-0.2, 0) is 4.79 Å². The monoisotopic (exact) mass is 387 g/mol. The molecule has 0 radical (unpaired) electrons. The Morgan fingerprint density at radius 2 is 2.07 bits per heavy atom. The third-order valence-electron chi connectivity index (χ3n) is 5.50.